The van der Waals surface area contributed by atoms with Gasteiger partial charge in [-0.05, 0) is 49.4 Å². The van der Waals surface area contributed by atoms with Crippen LogP contribution in [0.1, 0.15) is 23.2 Å². The van der Waals surface area contributed by atoms with Crippen molar-refractivity contribution in [2.24, 2.45) is 0 Å². The van der Waals surface area contributed by atoms with E-state index in [1.165, 1.54) is 4.90 Å². The average Bonchev–Trinajstić information content (AvgIpc) is 3.34. The first-order valence-electron chi connectivity index (χ1n) is 8.67. The van der Waals surface area contributed by atoms with Gasteiger partial charge in [-0.25, -0.2) is 4.98 Å². The molecule has 1 amide bonds. The Kier molecular flexibility index (Phi) is 5.24. The van der Waals surface area contributed by atoms with Crippen LogP contribution >= 0.6 is 23.1 Å². The number of hydrogen-bond acceptors (Lipinski definition) is 5. The van der Waals surface area contributed by atoms with Gasteiger partial charge in [-0.3, -0.25) is 9.69 Å². The number of thiazole rings is 1. The topological polar surface area (TPSA) is 42.4 Å². The van der Waals surface area contributed by atoms with Crippen molar-refractivity contribution in [1.82, 2.24) is 4.98 Å². The van der Waals surface area contributed by atoms with Gasteiger partial charge in [0.15, 0.2) is 5.13 Å². The summed E-state index contributed by atoms with van der Waals surface area (Å²) in [5, 5.41) is 0.739. The second-order valence-electron chi connectivity index (χ2n) is 6.25. The molecule has 1 fully saturated rings. The first kappa shape index (κ1) is 17.5. The third-order valence-electron chi connectivity index (χ3n) is 4.49. The van der Waals surface area contributed by atoms with Crippen LogP contribution in [-0.4, -0.2) is 36.4 Å². The predicted octanol–water partition coefficient (Wildman–Crippen LogP) is 4.84. The normalized spacial score (nSPS) is 16.9. The van der Waals surface area contributed by atoms with Crippen molar-refractivity contribution in [3.05, 3.63) is 54.1 Å². The van der Waals surface area contributed by atoms with Crippen LogP contribution in [0.5, 0.6) is 0 Å². The highest BCUT2D eigenvalue weighted by molar-refractivity contribution is 7.98. The smallest absolute Gasteiger partial charge is 0.260 e. The Hall–Kier alpha value is -1.89. The van der Waals surface area contributed by atoms with Crippen molar-refractivity contribution in [2.45, 2.75) is 23.8 Å². The van der Waals surface area contributed by atoms with Gasteiger partial charge in [0.2, 0.25) is 0 Å². The van der Waals surface area contributed by atoms with Crippen molar-refractivity contribution in [1.29, 1.82) is 0 Å². The number of thioether (sulfide) groups is 1. The number of ether oxygens (including phenoxy) is 1. The highest BCUT2D eigenvalue weighted by atomic mass is 32.2. The minimum absolute atomic E-state index is 0.0229. The largest absolute Gasteiger partial charge is 0.376 e. The number of aromatic nitrogens is 1. The predicted molar refractivity (Wildman–Crippen MR) is 108 cm³/mol. The Morgan fingerprint density at radius 3 is 2.88 bits per heavy atom. The zero-order valence-corrected chi connectivity index (χ0v) is 16.2. The summed E-state index contributed by atoms with van der Waals surface area (Å²) >= 11 is 3.28. The molecule has 0 spiro atoms. The van der Waals surface area contributed by atoms with E-state index >= 15 is 0 Å². The number of rotatable bonds is 5. The van der Waals surface area contributed by atoms with Crippen LogP contribution in [0.2, 0.25) is 0 Å². The molecule has 1 atom stereocenters. The maximum Gasteiger partial charge on any atom is 0.260 e. The molecule has 2 aromatic carbocycles. The van der Waals surface area contributed by atoms with Crippen molar-refractivity contribution < 1.29 is 9.53 Å². The van der Waals surface area contributed by atoms with E-state index in [-0.39, 0.29) is 12.0 Å². The van der Waals surface area contributed by atoms with Gasteiger partial charge in [0.05, 0.1) is 22.9 Å². The van der Waals surface area contributed by atoms with Gasteiger partial charge in [0.25, 0.3) is 5.91 Å². The van der Waals surface area contributed by atoms with Crippen LogP contribution in [0, 0.1) is 0 Å². The lowest BCUT2D eigenvalue weighted by Gasteiger charge is -2.23. The van der Waals surface area contributed by atoms with E-state index in [0.29, 0.717) is 12.1 Å². The number of carbonyl (C=O) groups excluding carboxylic acids is 1. The molecule has 134 valence electrons. The van der Waals surface area contributed by atoms with Crippen LogP contribution < -0.4 is 4.90 Å². The molecule has 0 saturated carbocycles. The summed E-state index contributed by atoms with van der Waals surface area (Å²) in [6, 6.07) is 15.6. The number of fused-ring (bicyclic) bond motifs is 1. The molecule has 2 heterocycles. The molecule has 3 aromatic rings. The minimum Gasteiger partial charge on any atom is -0.376 e. The van der Waals surface area contributed by atoms with Gasteiger partial charge in [-0.2, -0.15) is 0 Å². The third kappa shape index (κ3) is 3.63. The molecule has 0 unspecified atom stereocenters. The maximum atomic E-state index is 13.2. The van der Waals surface area contributed by atoms with Crippen LogP contribution in [0.3, 0.4) is 0 Å². The van der Waals surface area contributed by atoms with Gasteiger partial charge in [-0.15, -0.1) is 11.8 Å². The molecule has 1 saturated heterocycles. The minimum atomic E-state index is -0.0229. The number of amides is 1. The first-order chi connectivity index (χ1) is 12.7. The van der Waals surface area contributed by atoms with E-state index < -0.39 is 0 Å². The fourth-order valence-corrected chi connectivity index (χ4v) is 4.64. The molecule has 4 nitrogen and oxygen atoms in total. The number of hydrogen-bond donors (Lipinski definition) is 0. The van der Waals surface area contributed by atoms with Crippen LogP contribution in [0.25, 0.3) is 10.2 Å². The highest BCUT2D eigenvalue weighted by Gasteiger charge is 2.27. The Morgan fingerprint density at radius 2 is 2.15 bits per heavy atom. The molecule has 0 radical (unpaired) electrons. The summed E-state index contributed by atoms with van der Waals surface area (Å²) in [6.07, 6.45) is 4.18. The number of carbonyl (C=O) groups is 1. The number of benzene rings is 2. The van der Waals surface area contributed by atoms with Crippen LogP contribution in [0.4, 0.5) is 5.13 Å². The Bertz CT molecular complexity index is 905. The van der Waals surface area contributed by atoms with E-state index in [1.807, 2.05) is 36.4 Å². The zero-order chi connectivity index (χ0) is 17.9. The molecule has 0 aliphatic carbocycles. The zero-order valence-electron chi connectivity index (χ0n) is 14.6. The molecule has 26 heavy (non-hydrogen) atoms. The van der Waals surface area contributed by atoms with Crippen molar-refractivity contribution in [2.75, 3.05) is 24.3 Å². The summed E-state index contributed by atoms with van der Waals surface area (Å²) in [6.45, 7) is 1.32. The Morgan fingerprint density at radius 1 is 1.31 bits per heavy atom. The van der Waals surface area contributed by atoms with Crippen LogP contribution in [-0.2, 0) is 4.74 Å². The fraction of sp³-hybridized carbons (Fsp3) is 0.300. The Labute approximate surface area is 161 Å². The summed E-state index contributed by atoms with van der Waals surface area (Å²) in [7, 11) is 0. The Balaban J connectivity index is 1.70. The van der Waals surface area contributed by atoms with Crippen molar-refractivity contribution >= 4 is 44.4 Å². The molecule has 0 N–H and O–H groups in total. The summed E-state index contributed by atoms with van der Waals surface area (Å²) in [5.74, 6) is -0.0229. The van der Waals surface area contributed by atoms with Gasteiger partial charge >= 0.3 is 0 Å². The van der Waals surface area contributed by atoms with Gasteiger partial charge in [0, 0.05) is 17.1 Å². The molecule has 1 aromatic heterocycles. The van der Waals surface area contributed by atoms with Gasteiger partial charge in [0.1, 0.15) is 0 Å². The molecule has 4 rings (SSSR count). The standard InChI is InChI=1S/C20H20N2O2S2/c1-25-16-9-10-17-18(12-16)26-20(21-17)22(13-15-8-5-11-24-15)19(23)14-6-3-2-4-7-14/h2-4,6-7,9-10,12,15H,5,8,11,13H2,1H3/t15-/m1/s1. The van der Waals surface area contributed by atoms with E-state index in [2.05, 4.69) is 18.4 Å². The van der Waals surface area contributed by atoms with E-state index in [4.69, 9.17) is 9.72 Å². The lowest BCUT2D eigenvalue weighted by molar-refractivity contribution is 0.0917. The molecular weight excluding hydrogens is 364 g/mol. The summed E-state index contributed by atoms with van der Waals surface area (Å²) < 4.78 is 6.88. The molecular formula is C20H20N2O2S2. The average molecular weight is 385 g/mol. The fourth-order valence-electron chi connectivity index (χ4n) is 3.11. The second kappa shape index (κ2) is 7.78. The lowest BCUT2D eigenvalue weighted by atomic mass is 10.2. The molecule has 1 aliphatic rings. The maximum absolute atomic E-state index is 13.2. The highest BCUT2D eigenvalue weighted by Crippen LogP contribution is 2.33. The molecule has 0 bridgehead atoms. The van der Waals surface area contributed by atoms with E-state index in [9.17, 15) is 4.79 Å². The van der Waals surface area contributed by atoms with Crippen molar-refractivity contribution in [3.63, 3.8) is 0 Å². The SMILES string of the molecule is CSc1ccc2nc(N(C[C@H]3CCCO3)C(=O)c3ccccc3)sc2c1. The van der Waals surface area contributed by atoms with E-state index in [0.717, 1.165) is 34.8 Å². The van der Waals surface area contributed by atoms with Gasteiger partial charge in [-0.1, -0.05) is 29.5 Å². The summed E-state index contributed by atoms with van der Waals surface area (Å²) in [4.78, 5) is 20.9. The molecule has 1 aliphatic heterocycles. The molecule has 6 heteroatoms. The number of anilines is 1. The monoisotopic (exact) mass is 384 g/mol. The second-order valence-corrected chi connectivity index (χ2v) is 8.14. The van der Waals surface area contributed by atoms with Crippen LogP contribution in [0.15, 0.2) is 53.4 Å². The first-order valence-corrected chi connectivity index (χ1v) is 10.7. The quantitative estimate of drug-likeness (QED) is 0.590. The number of nitrogens with zero attached hydrogens (tertiary/aromatic N) is 2. The van der Waals surface area contributed by atoms with Gasteiger partial charge < -0.3 is 4.74 Å². The third-order valence-corrected chi connectivity index (χ3v) is 6.26. The lowest BCUT2D eigenvalue weighted by Crippen LogP contribution is -2.37. The summed E-state index contributed by atoms with van der Waals surface area (Å²) in [5.41, 5.74) is 1.61. The van der Waals surface area contributed by atoms with E-state index in [1.54, 1.807) is 28.0 Å². The van der Waals surface area contributed by atoms with Crippen molar-refractivity contribution in [3.8, 4) is 0 Å².